The van der Waals surface area contributed by atoms with Gasteiger partial charge < -0.3 is 8.83 Å². The molecular formula is C21H10Cl2O6. The van der Waals surface area contributed by atoms with Crippen LogP contribution < -0.4 is 11.3 Å². The molecule has 29 heavy (non-hydrogen) atoms. The van der Waals surface area contributed by atoms with E-state index in [1.165, 1.54) is 36.4 Å². The van der Waals surface area contributed by atoms with Gasteiger partial charge in [0.05, 0.1) is 6.42 Å². The third-order valence-corrected chi connectivity index (χ3v) is 4.78. The molecule has 0 saturated carbocycles. The van der Waals surface area contributed by atoms with E-state index in [0.717, 1.165) is 0 Å². The molecule has 0 bridgehead atoms. The summed E-state index contributed by atoms with van der Waals surface area (Å²) in [4.78, 5) is 49.3. The Labute approximate surface area is 172 Å². The molecule has 8 heteroatoms. The van der Waals surface area contributed by atoms with E-state index >= 15 is 0 Å². The first kappa shape index (κ1) is 19.1. The number of Topliss-reactive ketones (excluding diaryl/α,β-unsaturated/α-hetero) is 2. The molecule has 0 amide bonds. The van der Waals surface area contributed by atoms with E-state index in [1.54, 1.807) is 12.1 Å². The fourth-order valence-electron chi connectivity index (χ4n) is 2.91. The average Bonchev–Trinajstić information content (AvgIpc) is 2.67. The number of benzene rings is 2. The molecule has 4 rings (SSSR count). The van der Waals surface area contributed by atoms with Crippen LogP contribution in [0.1, 0.15) is 27.1 Å². The SMILES string of the molecule is O=C(CC(=O)c1cc2cc(Cl)ccc2oc1=O)c1cc2cc(Cl)ccc2oc1=O. The molecule has 4 aromatic rings. The highest BCUT2D eigenvalue weighted by atomic mass is 35.5. The molecule has 0 saturated heterocycles. The van der Waals surface area contributed by atoms with Crippen LogP contribution in [0.4, 0.5) is 0 Å². The molecule has 0 unspecified atom stereocenters. The molecule has 0 aliphatic carbocycles. The van der Waals surface area contributed by atoms with E-state index in [0.29, 0.717) is 20.8 Å². The molecular weight excluding hydrogens is 419 g/mol. The van der Waals surface area contributed by atoms with Gasteiger partial charge in [-0.3, -0.25) is 9.59 Å². The maximum absolute atomic E-state index is 12.5. The van der Waals surface area contributed by atoms with Gasteiger partial charge in [-0.25, -0.2) is 9.59 Å². The van der Waals surface area contributed by atoms with Crippen LogP contribution >= 0.6 is 23.2 Å². The fourth-order valence-corrected chi connectivity index (χ4v) is 3.27. The summed E-state index contributed by atoms with van der Waals surface area (Å²) in [7, 11) is 0. The number of fused-ring (bicyclic) bond motifs is 2. The maximum atomic E-state index is 12.5. The highest BCUT2D eigenvalue weighted by Crippen LogP contribution is 2.21. The van der Waals surface area contributed by atoms with Crippen LogP contribution in [0.2, 0.25) is 10.0 Å². The normalized spacial score (nSPS) is 11.1. The number of ketones is 2. The van der Waals surface area contributed by atoms with Gasteiger partial charge in [0.2, 0.25) is 0 Å². The Bertz CT molecular complexity index is 1320. The Hall–Kier alpha value is -3.22. The first-order chi connectivity index (χ1) is 13.8. The minimum Gasteiger partial charge on any atom is -0.422 e. The average molecular weight is 429 g/mol. The Morgan fingerprint density at radius 1 is 0.690 bits per heavy atom. The van der Waals surface area contributed by atoms with Crippen molar-refractivity contribution in [3.05, 3.63) is 90.5 Å². The predicted octanol–water partition coefficient (Wildman–Crippen LogP) is 4.66. The highest BCUT2D eigenvalue weighted by molar-refractivity contribution is 6.31. The number of hydrogen-bond acceptors (Lipinski definition) is 6. The van der Waals surface area contributed by atoms with E-state index in [9.17, 15) is 19.2 Å². The standard InChI is InChI=1S/C21H10Cl2O6/c22-12-1-3-18-10(5-12)7-14(20(26)28-18)16(24)9-17(25)15-8-11-6-13(23)2-4-19(11)29-21(15)27/h1-8H,9H2. The Morgan fingerprint density at radius 2 is 1.10 bits per heavy atom. The molecule has 0 N–H and O–H groups in total. The molecule has 0 aliphatic rings. The van der Waals surface area contributed by atoms with Crippen LogP contribution in [-0.2, 0) is 0 Å². The third kappa shape index (κ3) is 3.72. The lowest BCUT2D eigenvalue weighted by Crippen LogP contribution is -2.20. The molecule has 2 aromatic carbocycles. The maximum Gasteiger partial charge on any atom is 0.347 e. The van der Waals surface area contributed by atoms with Gasteiger partial charge in [0, 0.05) is 20.8 Å². The van der Waals surface area contributed by atoms with Crippen LogP contribution in [-0.4, -0.2) is 11.6 Å². The van der Waals surface area contributed by atoms with Gasteiger partial charge >= 0.3 is 11.3 Å². The molecule has 0 fully saturated rings. The molecule has 2 heterocycles. The molecule has 0 aliphatic heterocycles. The first-order valence-electron chi connectivity index (χ1n) is 8.35. The van der Waals surface area contributed by atoms with Crippen LogP contribution in [0.3, 0.4) is 0 Å². The molecule has 0 radical (unpaired) electrons. The lowest BCUT2D eigenvalue weighted by Gasteiger charge is -2.03. The number of rotatable bonds is 4. The van der Waals surface area contributed by atoms with E-state index in [4.69, 9.17) is 32.0 Å². The van der Waals surface area contributed by atoms with E-state index in [-0.39, 0.29) is 22.3 Å². The van der Waals surface area contributed by atoms with Gasteiger partial charge in [0.1, 0.15) is 22.3 Å². The minimum absolute atomic E-state index is 0.259. The van der Waals surface area contributed by atoms with Gasteiger partial charge in [0.15, 0.2) is 11.6 Å². The summed E-state index contributed by atoms with van der Waals surface area (Å²) in [5, 5.41) is 1.67. The summed E-state index contributed by atoms with van der Waals surface area (Å²) in [5.74, 6) is -1.56. The van der Waals surface area contributed by atoms with Gasteiger partial charge in [-0.05, 0) is 48.5 Å². The molecule has 0 spiro atoms. The quantitative estimate of drug-likeness (QED) is 0.266. The Kier molecular flexibility index (Phi) is 4.82. The smallest absolute Gasteiger partial charge is 0.347 e. The molecule has 144 valence electrons. The van der Waals surface area contributed by atoms with Crippen molar-refractivity contribution in [2.24, 2.45) is 0 Å². The Balaban J connectivity index is 1.69. The minimum atomic E-state index is -0.880. The van der Waals surface area contributed by atoms with Crippen molar-refractivity contribution in [1.82, 2.24) is 0 Å². The number of halogens is 2. The zero-order chi connectivity index (χ0) is 20.7. The van der Waals surface area contributed by atoms with E-state index in [2.05, 4.69) is 0 Å². The monoisotopic (exact) mass is 428 g/mol. The predicted molar refractivity (Wildman–Crippen MR) is 108 cm³/mol. The van der Waals surface area contributed by atoms with Gasteiger partial charge in [-0.15, -0.1) is 0 Å². The summed E-state index contributed by atoms with van der Waals surface area (Å²) in [5.41, 5.74) is -1.85. The summed E-state index contributed by atoms with van der Waals surface area (Å²) in [6.45, 7) is 0. The topological polar surface area (TPSA) is 94.6 Å². The molecule has 0 atom stereocenters. The summed E-state index contributed by atoms with van der Waals surface area (Å²) >= 11 is 11.8. The van der Waals surface area contributed by atoms with Crippen molar-refractivity contribution in [2.45, 2.75) is 6.42 Å². The van der Waals surface area contributed by atoms with Gasteiger partial charge in [-0.2, -0.15) is 0 Å². The second kappa shape index (κ2) is 7.31. The van der Waals surface area contributed by atoms with Crippen LogP contribution in [0.25, 0.3) is 21.9 Å². The fraction of sp³-hybridized carbons (Fsp3) is 0.0476. The van der Waals surface area contributed by atoms with E-state index < -0.39 is 29.2 Å². The summed E-state index contributed by atoms with van der Waals surface area (Å²) in [6.07, 6.45) is -0.701. The molecule has 2 aromatic heterocycles. The number of hydrogen-bond donors (Lipinski definition) is 0. The van der Waals surface area contributed by atoms with E-state index in [1.807, 2.05) is 0 Å². The van der Waals surface area contributed by atoms with Crippen molar-refractivity contribution < 1.29 is 18.4 Å². The summed E-state index contributed by atoms with van der Waals surface area (Å²) in [6, 6.07) is 11.8. The first-order valence-corrected chi connectivity index (χ1v) is 9.10. The van der Waals surface area contributed by atoms with Crippen molar-refractivity contribution in [3.8, 4) is 0 Å². The highest BCUT2D eigenvalue weighted by Gasteiger charge is 2.21. The second-order valence-corrected chi connectivity index (χ2v) is 7.16. The van der Waals surface area contributed by atoms with Crippen molar-refractivity contribution in [2.75, 3.05) is 0 Å². The van der Waals surface area contributed by atoms with Crippen LogP contribution in [0.15, 0.2) is 67.0 Å². The lowest BCUT2D eigenvalue weighted by molar-refractivity contribution is 0.0890. The molecule has 6 nitrogen and oxygen atoms in total. The largest absolute Gasteiger partial charge is 0.422 e. The lowest BCUT2D eigenvalue weighted by atomic mass is 10.0. The van der Waals surface area contributed by atoms with Crippen LogP contribution in [0.5, 0.6) is 0 Å². The van der Waals surface area contributed by atoms with Gasteiger partial charge in [0.25, 0.3) is 0 Å². The zero-order valence-corrected chi connectivity index (χ0v) is 16.0. The van der Waals surface area contributed by atoms with Gasteiger partial charge in [-0.1, -0.05) is 23.2 Å². The number of carbonyl (C=O) groups is 2. The van der Waals surface area contributed by atoms with Crippen molar-refractivity contribution >= 4 is 56.7 Å². The second-order valence-electron chi connectivity index (χ2n) is 6.28. The summed E-state index contributed by atoms with van der Waals surface area (Å²) < 4.78 is 10.2. The number of carbonyl (C=O) groups excluding carboxylic acids is 2. The van der Waals surface area contributed by atoms with Crippen LogP contribution in [0, 0.1) is 0 Å². The Morgan fingerprint density at radius 3 is 1.52 bits per heavy atom. The van der Waals surface area contributed by atoms with Crippen molar-refractivity contribution in [3.63, 3.8) is 0 Å². The zero-order valence-electron chi connectivity index (χ0n) is 14.5. The third-order valence-electron chi connectivity index (χ3n) is 4.31. The van der Waals surface area contributed by atoms with Crippen molar-refractivity contribution in [1.29, 1.82) is 0 Å².